The second-order valence-corrected chi connectivity index (χ2v) is 3.37. The van der Waals surface area contributed by atoms with Gasteiger partial charge in [0, 0.05) is 11.3 Å². The first kappa shape index (κ1) is 11.2. The van der Waals surface area contributed by atoms with Crippen LogP contribution in [0.3, 0.4) is 0 Å². The highest BCUT2D eigenvalue weighted by Crippen LogP contribution is 2.18. The first-order valence-corrected chi connectivity index (χ1v) is 4.94. The molecular formula is C10H16NO3+. The molecule has 1 rings (SSSR count). The van der Waals surface area contributed by atoms with Crippen molar-refractivity contribution >= 4 is 0 Å². The highest BCUT2D eigenvalue weighted by molar-refractivity contribution is 4.99. The summed E-state index contributed by atoms with van der Waals surface area (Å²) in [5.74, 6) is 5.18. The van der Waals surface area contributed by atoms with E-state index < -0.39 is 0 Å². The highest BCUT2D eigenvalue weighted by Gasteiger charge is 2.30. The number of rotatable bonds is 3. The van der Waals surface area contributed by atoms with E-state index in [1.54, 1.807) is 0 Å². The maximum atomic E-state index is 10.6. The van der Waals surface area contributed by atoms with Gasteiger partial charge in [0.1, 0.15) is 19.3 Å². The van der Waals surface area contributed by atoms with Gasteiger partial charge in [-0.2, -0.15) is 0 Å². The van der Waals surface area contributed by atoms with Gasteiger partial charge in [-0.25, -0.2) is 0 Å². The van der Waals surface area contributed by atoms with Crippen LogP contribution in [0.2, 0.25) is 0 Å². The van der Waals surface area contributed by atoms with Crippen molar-refractivity contribution < 1.29 is 15.0 Å². The largest absolute Gasteiger partial charge is 0.384 e. The fourth-order valence-corrected chi connectivity index (χ4v) is 1.69. The minimum atomic E-state index is -0.142. The van der Waals surface area contributed by atoms with Crippen molar-refractivity contribution in [2.75, 3.05) is 13.2 Å². The van der Waals surface area contributed by atoms with Crippen LogP contribution >= 0.6 is 0 Å². The molecule has 0 aliphatic heterocycles. The van der Waals surface area contributed by atoms with Crippen LogP contribution in [0.1, 0.15) is 25.7 Å². The van der Waals surface area contributed by atoms with Crippen LogP contribution in [0.4, 0.5) is 0 Å². The number of aliphatic hydroxyl groups excluding tert-OH is 1. The lowest BCUT2D eigenvalue weighted by molar-refractivity contribution is -0.542. The number of nitroso groups, excluding NO2 is 1. The minimum Gasteiger partial charge on any atom is -0.384 e. The molecule has 1 aliphatic rings. The fraction of sp³-hybridized carbons (Fsp3) is 0.800. The molecule has 14 heavy (non-hydrogen) atoms. The molecule has 0 aromatic rings. The SMILES string of the molecule is O=[NH+]C1CCCCC1OCC#CCO. The van der Waals surface area contributed by atoms with E-state index in [0.717, 1.165) is 25.7 Å². The molecular weight excluding hydrogens is 182 g/mol. The molecule has 2 unspecified atom stereocenters. The Morgan fingerprint density at radius 2 is 2.14 bits per heavy atom. The Hall–Kier alpha value is -0.920. The number of hydrogen-bond donors (Lipinski definition) is 2. The van der Waals surface area contributed by atoms with Gasteiger partial charge in [0.15, 0.2) is 0 Å². The maximum absolute atomic E-state index is 10.6. The van der Waals surface area contributed by atoms with Crippen LogP contribution in [-0.2, 0) is 4.74 Å². The van der Waals surface area contributed by atoms with Gasteiger partial charge in [-0.1, -0.05) is 18.3 Å². The number of nitrogens with one attached hydrogen (secondary N) is 1. The zero-order valence-corrected chi connectivity index (χ0v) is 8.16. The van der Waals surface area contributed by atoms with Crippen molar-refractivity contribution in [2.45, 2.75) is 37.8 Å². The second kappa shape index (κ2) is 6.52. The molecule has 0 bridgehead atoms. The van der Waals surface area contributed by atoms with E-state index in [2.05, 4.69) is 11.8 Å². The van der Waals surface area contributed by atoms with Crippen LogP contribution in [0.5, 0.6) is 0 Å². The van der Waals surface area contributed by atoms with Crippen molar-refractivity contribution in [1.29, 1.82) is 0 Å². The Bertz CT molecular complexity index is 231. The van der Waals surface area contributed by atoms with E-state index in [4.69, 9.17) is 9.84 Å². The van der Waals surface area contributed by atoms with E-state index >= 15 is 0 Å². The van der Waals surface area contributed by atoms with Gasteiger partial charge < -0.3 is 9.84 Å². The number of aliphatic hydroxyl groups is 1. The Balaban J connectivity index is 2.29. The van der Waals surface area contributed by atoms with Crippen LogP contribution in [0.15, 0.2) is 0 Å². The van der Waals surface area contributed by atoms with Crippen molar-refractivity contribution in [3.8, 4) is 11.8 Å². The molecule has 0 heterocycles. The lowest BCUT2D eigenvalue weighted by Gasteiger charge is -2.21. The Kier molecular flexibility index (Phi) is 5.20. The number of hydrogen-bond acceptors (Lipinski definition) is 3. The Morgan fingerprint density at radius 3 is 2.86 bits per heavy atom. The van der Waals surface area contributed by atoms with Gasteiger partial charge >= 0.3 is 0 Å². The molecule has 2 N–H and O–H groups in total. The molecule has 78 valence electrons. The van der Waals surface area contributed by atoms with E-state index in [1.165, 1.54) is 0 Å². The fourth-order valence-electron chi connectivity index (χ4n) is 1.69. The molecule has 1 saturated carbocycles. The van der Waals surface area contributed by atoms with Crippen molar-refractivity contribution in [2.24, 2.45) is 0 Å². The second-order valence-electron chi connectivity index (χ2n) is 3.37. The summed E-state index contributed by atoms with van der Waals surface area (Å²) in [5.41, 5.74) is 0. The summed E-state index contributed by atoms with van der Waals surface area (Å²) < 4.78 is 5.44. The molecule has 0 radical (unpaired) electrons. The van der Waals surface area contributed by atoms with Crippen molar-refractivity contribution in [1.82, 2.24) is 0 Å². The average Bonchev–Trinajstić information content (AvgIpc) is 2.25. The molecule has 1 fully saturated rings. The van der Waals surface area contributed by atoms with Crippen LogP contribution < -0.4 is 5.18 Å². The molecule has 1 aliphatic carbocycles. The lowest BCUT2D eigenvalue weighted by Crippen LogP contribution is -2.77. The first-order valence-electron chi connectivity index (χ1n) is 4.94. The predicted octanol–water partition coefficient (Wildman–Crippen LogP) is -0.843. The third-order valence-electron chi connectivity index (χ3n) is 2.43. The van der Waals surface area contributed by atoms with E-state index in [9.17, 15) is 4.91 Å². The summed E-state index contributed by atoms with van der Waals surface area (Å²) in [4.78, 5) is 10.6. The number of ether oxygens (including phenoxy) is 1. The topological polar surface area (TPSA) is 60.5 Å². The predicted molar refractivity (Wildman–Crippen MR) is 51.2 cm³/mol. The zero-order chi connectivity index (χ0) is 10.2. The minimum absolute atomic E-state index is 0.0192. The van der Waals surface area contributed by atoms with E-state index in [-0.39, 0.29) is 18.8 Å². The van der Waals surface area contributed by atoms with Gasteiger partial charge in [0.25, 0.3) is 0 Å². The van der Waals surface area contributed by atoms with Gasteiger partial charge in [-0.3, -0.25) is 0 Å². The normalized spacial score (nSPS) is 26.4. The monoisotopic (exact) mass is 198 g/mol. The van der Waals surface area contributed by atoms with Gasteiger partial charge in [0.05, 0.1) is 0 Å². The van der Waals surface area contributed by atoms with Gasteiger partial charge in [0.2, 0.25) is 6.04 Å². The lowest BCUT2D eigenvalue weighted by atomic mass is 9.93. The molecule has 4 heteroatoms. The summed E-state index contributed by atoms with van der Waals surface area (Å²) in [5, 5.41) is 10.4. The van der Waals surface area contributed by atoms with Crippen LogP contribution in [-0.4, -0.2) is 30.5 Å². The standard InChI is InChI=1S/C10H15NO3/c12-7-3-4-8-14-10-6-2-1-5-9(10)11-13/h9-10,12H,1-2,5-8H2/p+1. The van der Waals surface area contributed by atoms with E-state index in [0.29, 0.717) is 6.61 Å². The summed E-state index contributed by atoms with van der Waals surface area (Å²) >= 11 is 0. The van der Waals surface area contributed by atoms with Crippen LogP contribution in [0, 0.1) is 16.7 Å². The third-order valence-corrected chi connectivity index (χ3v) is 2.43. The smallest absolute Gasteiger partial charge is 0.224 e. The summed E-state index contributed by atoms with van der Waals surface area (Å²) in [7, 11) is 0. The maximum Gasteiger partial charge on any atom is 0.224 e. The molecule has 0 aromatic heterocycles. The average molecular weight is 198 g/mol. The Labute approximate surface area is 83.6 Å². The molecule has 0 saturated heterocycles. The van der Waals surface area contributed by atoms with Crippen LogP contribution in [0.25, 0.3) is 0 Å². The van der Waals surface area contributed by atoms with Gasteiger partial charge in [-0.05, 0) is 18.0 Å². The van der Waals surface area contributed by atoms with Crippen molar-refractivity contribution in [3.05, 3.63) is 4.91 Å². The summed E-state index contributed by atoms with van der Waals surface area (Å²) in [6, 6.07) is -0.0836. The quantitative estimate of drug-likeness (QED) is 0.581. The molecule has 0 amide bonds. The van der Waals surface area contributed by atoms with Gasteiger partial charge in [-0.15, -0.1) is 0 Å². The molecule has 0 spiro atoms. The molecule has 2 atom stereocenters. The molecule has 0 aromatic carbocycles. The summed E-state index contributed by atoms with van der Waals surface area (Å²) in [6.45, 7) is 0.153. The third kappa shape index (κ3) is 3.44. The van der Waals surface area contributed by atoms with E-state index in [1.807, 2.05) is 5.18 Å². The summed E-state index contributed by atoms with van der Waals surface area (Å²) in [6.07, 6.45) is 3.97. The highest BCUT2D eigenvalue weighted by atomic mass is 16.5. The molecule has 4 nitrogen and oxygen atoms in total. The zero-order valence-electron chi connectivity index (χ0n) is 8.16. The van der Waals surface area contributed by atoms with Crippen molar-refractivity contribution in [3.63, 3.8) is 0 Å². The first-order chi connectivity index (χ1) is 6.88. The Morgan fingerprint density at radius 1 is 1.36 bits per heavy atom.